The summed E-state index contributed by atoms with van der Waals surface area (Å²) in [4.78, 5) is 20.3. The predicted molar refractivity (Wildman–Crippen MR) is 94.0 cm³/mol. The monoisotopic (exact) mass is 369 g/mol. The first kappa shape index (κ1) is 16.8. The molecule has 3 N–H and O–H groups in total. The number of nitrogens with zero attached hydrogens (tertiary/aromatic N) is 7. The van der Waals surface area contributed by atoms with E-state index in [4.69, 9.17) is 5.73 Å². The van der Waals surface area contributed by atoms with Gasteiger partial charge in [0.2, 0.25) is 5.82 Å². The molecule has 4 rings (SSSR count). The Hall–Kier alpha value is -3.63. The van der Waals surface area contributed by atoms with Gasteiger partial charge in [-0.1, -0.05) is 0 Å². The Morgan fingerprint density at radius 1 is 1.37 bits per heavy atom. The molecule has 11 heteroatoms. The summed E-state index contributed by atoms with van der Waals surface area (Å²) in [7, 11) is 1.73. The molecule has 0 spiro atoms. The first-order chi connectivity index (χ1) is 12.9. The second-order valence-corrected chi connectivity index (χ2v) is 5.99. The fourth-order valence-electron chi connectivity index (χ4n) is 2.93. The molecule has 10 nitrogen and oxygen atoms in total. The first-order valence-electron chi connectivity index (χ1n) is 8.19. The lowest BCUT2D eigenvalue weighted by atomic mass is 10.2. The van der Waals surface area contributed by atoms with Gasteiger partial charge >= 0.3 is 0 Å². The average molecular weight is 369 g/mol. The molecule has 4 aromatic rings. The van der Waals surface area contributed by atoms with Crippen LogP contribution in [0, 0.1) is 12.7 Å². The number of rotatable bonds is 4. The average Bonchev–Trinajstić information content (AvgIpc) is 3.33. The number of aromatic amines is 1. The third kappa shape index (κ3) is 2.55. The Kier molecular flexibility index (Phi) is 3.72. The normalized spacial score (nSPS) is 11.4. The molecule has 4 heterocycles. The van der Waals surface area contributed by atoms with Crippen LogP contribution in [-0.2, 0) is 13.6 Å². The number of fused-ring (bicyclic) bond motifs is 1. The summed E-state index contributed by atoms with van der Waals surface area (Å²) in [5.74, 6) is -0.731. The number of nitrogens with one attached hydrogen (secondary N) is 1. The number of primary amides is 1. The Balaban J connectivity index is 1.91. The van der Waals surface area contributed by atoms with Crippen molar-refractivity contribution >= 4 is 16.8 Å². The summed E-state index contributed by atoms with van der Waals surface area (Å²) in [5, 5.41) is 15.8. The Bertz CT molecular complexity index is 1190. The van der Waals surface area contributed by atoms with E-state index < -0.39 is 11.7 Å². The van der Waals surface area contributed by atoms with Crippen LogP contribution in [0.1, 0.15) is 23.1 Å². The summed E-state index contributed by atoms with van der Waals surface area (Å²) in [5.41, 5.74) is 6.92. The molecular formula is C16H16FN9O. The lowest BCUT2D eigenvalue weighted by Crippen LogP contribution is -2.13. The summed E-state index contributed by atoms with van der Waals surface area (Å²) < 4.78 is 17.6. The lowest BCUT2D eigenvalue weighted by molar-refractivity contribution is 0.0996. The van der Waals surface area contributed by atoms with E-state index in [1.54, 1.807) is 30.9 Å². The lowest BCUT2D eigenvalue weighted by Gasteiger charge is -2.02. The van der Waals surface area contributed by atoms with Crippen LogP contribution in [0.5, 0.6) is 0 Å². The van der Waals surface area contributed by atoms with E-state index in [-0.39, 0.29) is 28.7 Å². The predicted octanol–water partition coefficient (Wildman–Crippen LogP) is 1.18. The van der Waals surface area contributed by atoms with Crippen molar-refractivity contribution in [1.29, 1.82) is 0 Å². The second-order valence-electron chi connectivity index (χ2n) is 5.99. The minimum atomic E-state index is -0.680. The zero-order valence-corrected chi connectivity index (χ0v) is 14.9. The van der Waals surface area contributed by atoms with Crippen LogP contribution in [0.3, 0.4) is 0 Å². The second kappa shape index (κ2) is 5.97. The zero-order chi connectivity index (χ0) is 19.3. The fraction of sp³-hybridized carbons (Fsp3) is 0.250. The molecule has 0 saturated heterocycles. The van der Waals surface area contributed by atoms with Crippen LogP contribution in [0.4, 0.5) is 4.39 Å². The van der Waals surface area contributed by atoms with Crippen molar-refractivity contribution in [1.82, 2.24) is 39.7 Å². The summed E-state index contributed by atoms with van der Waals surface area (Å²) >= 11 is 0. The van der Waals surface area contributed by atoms with Gasteiger partial charge in [-0.15, -0.1) is 0 Å². The van der Waals surface area contributed by atoms with E-state index in [1.807, 2.05) is 6.92 Å². The summed E-state index contributed by atoms with van der Waals surface area (Å²) in [6.45, 7) is 3.90. The number of carbonyl (C=O) groups is 1. The van der Waals surface area contributed by atoms with Gasteiger partial charge in [0.1, 0.15) is 17.1 Å². The quantitative estimate of drug-likeness (QED) is 0.555. The third-order valence-electron chi connectivity index (χ3n) is 4.27. The molecule has 1 amide bonds. The molecule has 0 unspecified atom stereocenters. The van der Waals surface area contributed by atoms with E-state index in [2.05, 4.69) is 30.4 Å². The van der Waals surface area contributed by atoms with E-state index >= 15 is 0 Å². The highest BCUT2D eigenvalue weighted by atomic mass is 19.1. The van der Waals surface area contributed by atoms with Gasteiger partial charge in [0, 0.05) is 19.0 Å². The number of nitrogens with two attached hydrogens (primary N) is 1. The van der Waals surface area contributed by atoms with Gasteiger partial charge in [-0.25, -0.2) is 14.4 Å². The number of aryl methyl sites for hydroxylation is 3. The minimum Gasteiger partial charge on any atom is -0.364 e. The smallest absolute Gasteiger partial charge is 0.267 e. The Morgan fingerprint density at radius 2 is 2.15 bits per heavy atom. The van der Waals surface area contributed by atoms with Crippen LogP contribution in [0.25, 0.3) is 33.9 Å². The highest BCUT2D eigenvalue weighted by Crippen LogP contribution is 2.28. The molecule has 27 heavy (non-hydrogen) atoms. The van der Waals surface area contributed by atoms with Gasteiger partial charge in [-0.2, -0.15) is 15.3 Å². The molecule has 0 radical (unpaired) electrons. The number of aromatic nitrogens is 8. The Labute approximate surface area is 152 Å². The Morgan fingerprint density at radius 3 is 2.85 bits per heavy atom. The van der Waals surface area contributed by atoms with Gasteiger partial charge in [0.05, 0.1) is 17.4 Å². The topological polar surface area (TPSA) is 133 Å². The molecule has 0 saturated carbocycles. The van der Waals surface area contributed by atoms with Gasteiger partial charge in [0.15, 0.2) is 11.6 Å². The third-order valence-corrected chi connectivity index (χ3v) is 4.27. The van der Waals surface area contributed by atoms with Crippen molar-refractivity contribution in [3.8, 4) is 23.0 Å². The highest BCUT2D eigenvalue weighted by Gasteiger charge is 2.22. The molecule has 0 bridgehead atoms. The van der Waals surface area contributed by atoms with Crippen molar-refractivity contribution in [3.63, 3.8) is 0 Å². The standard InChI is InChI=1S/C16H16FN9O/c1-4-26-13(11(17)7(2)24-26)16-21-15(22-23-16)12-8-6-19-25(3)10(8)5-9(20-12)14(18)27/h5-6H,4H2,1-3H3,(H2,18,27)(H,21,22,23). The van der Waals surface area contributed by atoms with Gasteiger partial charge < -0.3 is 5.73 Å². The van der Waals surface area contributed by atoms with Crippen LogP contribution < -0.4 is 5.73 Å². The van der Waals surface area contributed by atoms with Crippen LogP contribution in [0.2, 0.25) is 0 Å². The zero-order valence-electron chi connectivity index (χ0n) is 14.9. The number of amides is 1. The van der Waals surface area contributed by atoms with Gasteiger partial charge in [-0.3, -0.25) is 19.3 Å². The molecule has 0 aromatic carbocycles. The molecule has 0 fully saturated rings. The molecule has 0 aliphatic carbocycles. The number of hydrogen-bond donors (Lipinski definition) is 2. The number of H-pyrrole nitrogens is 1. The van der Waals surface area contributed by atoms with Crippen LogP contribution >= 0.6 is 0 Å². The van der Waals surface area contributed by atoms with Crippen molar-refractivity contribution < 1.29 is 9.18 Å². The van der Waals surface area contributed by atoms with Crippen molar-refractivity contribution in [3.05, 3.63) is 29.5 Å². The maximum absolute atomic E-state index is 14.5. The van der Waals surface area contributed by atoms with E-state index in [0.29, 0.717) is 23.1 Å². The molecular weight excluding hydrogens is 353 g/mol. The number of halogens is 1. The van der Waals surface area contributed by atoms with E-state index in [0.717, 1.165) is 0 Å². The summed E-state index contributed by atoms with van der Waals surface area (Å²) in [6.07, 6.45) is 1.60. The minimum absolute atomic E-state index is 0.0630. The fourth-order valence-corrected chi connectivity index (χ4v) is 2.93. The van der Waals surface area contributed by atoms with Crippen molar-refractivity contribution in [2.24, 2.45) is 12.8 Å². The highest BCUT2D eigenvalue weighted by molar-refractivity contribution is 5.98. The number of pyridine rings is 1. The van der Waals surface area contributed by atoms with Crippen molar-refractivity contribution in [2.75, 3.05) is 0 Å². The SMILES string of the molecule is CCn1nc(C)c(F)c1-c1nc(-c2nc(C(N)=O)cc3c2cnn3C)n[nH]1. The number of carbonyl (C=O) groups excluding carboxylic acids is 1. The van der Waals surface area contributed by atoms with Crippen LogP contribution in [-0.4, -0.2) is 45.6 Å². The van der Waals surface area contributed by atoms with E-state index in [1.165, 1.54) is 4.68 Å². The maximum Gasteiger partial charge on any atom is 0.267 e. The van der Waals surface area contributed by atoms with Gasteiger partial charge in [0.25, 0.3) is 5.91 Å². The van der Waals surface area contributed by atoms with Crippen molar-refractivity contribution in [2.45, 2.75) is 20.4 Å². The molecule has 0 aliphatic heterocycles. The first-order valence-corrected chi connectivity index (χ1v) is 8.19. The maximum atomic E-state index is 14.5. The molecule has 0 aliphatic rings. The number of hydrogen-bond acceptors (Lipinski definition) is 6. The van der Waals surface area contributed by atoms with Crippen LogP contribution in [0.15, 0.2) is 12.3 Å². The van der Waals surface area contributed by atoms with E-state index in [9.17, 15) is 9.18 Å². The molecule has 138 valence electrons. The van der Waals surface area contributed by atoms with Gasteiger partial charge in [-0.05, 0) is 19.9 Å². The largest absolute Gasteiger partial charge is 0.364 e. The summed E-state index contributed by atoms with van der Waals surface area (Å²) in [6, 6.07) is 1.55. The molecule has 4 aromatic heterocycles. The molecule has 0 atom stereocenters.